The van der Waals surface area contributed by atoms with Crippen LogP contribution in [0.15, 0.2) is 18.3 Å². The third-order valence-electron chi connectivity index (χ3n) is 5.75. The fraction of sp³-hybridized carbons (Fsp3) is 0.619. The first-order chi connectivity index (χ1) is 13.0. The third-order valence-corrected chi connectivity index (χ3v) is 5.97. The maximum absolute atomic E-state index is 12.3. The second-order valence-electron chi connectivity index (χ2n) is 9.29. The summed E-state index contributed by atoms with van der Waals surface area (Å²) in [6.07, 6.45) is 2.41. The monoisotopic (exact) mass is 407 g/mol. The lowest BCUT2D eigenvalue weighted by Gasteiger charge is -2.43. The van der Waals surface area contributed by atoms with Crippen LogP contribution in [-0.4, -0.2) is 45.0 Å². The number of aliphatic hydroxyl groups excluding tert-OH is 1. The number of amides is 1. The van der Waals surface area contributed by atoms with Gasteiger partial charge in [0, 0.05) is 23.5 Å². The van der Waals surface area contributed by atoms with E-state index in [4.69, 9.17) is 16.3 Å². The minimum atomic E-state index is -0.690. The Morgan fingerprint density at radius 2 is 1.93 bits per heavy atom. The maximum Gasteiger partial charge on any atom is 0.410 e. The van der Waals surface area contributed by atoms with Crippen molar-refractivity contribution in [3.8, 4) is 0 Å². The van der Waals surface area contributed by atoms with Gasteiger partial charge in [-0.2, -0.15) is 5.10 Å². The minimum Gasteiger partial charge on any atom is -0.444 e. The van der Waals surface area contributed by atoms with E-state index in [9.17, 15) is 9.90 Å². The van der Waals surface area contributed by atoms with Gasteiger partial charge in [-0.05, 0) is 62.6 Å². The highest BCUT2D eigenvalue weighted by Gasteiger charge is 2.40. The number of aromatic amines is 1. The molecule has 6 nitrogen and oxygen atoms in total. The van der Waals surface area contributed by atoms with Gasteiger partial charge in [-0.15, -0.1) is 0 Å². The third kappa shape index (κ3) is 4.28. The summed E-state index contributed by atoms with van der Waals surface area (Å²) < 4.78 is 5.48. The summed E-state index contributed by atoms with van der Waals surface area (Å²) in [6, 6.07) is 3.63. The van der Waals surface area contributed by atoms with Crippen LogP contribution in [0.25, 0.3) is 10.9 Å². The summed E-state index contributed by atoms with van der Waals surface area (Å²) in [5, 5.41) is 19.7. The fourth-order valence-electron chi connectivity index (χ4n) is 4.02. The summed E-state index contributed by atoms with van der Waals surface area (Å²) in [5.41, 5.74) is 0.730. The SMILES string of the molecule is CC(C)(C)OC(=O)N1CCC(C(C)(C)[C@H](O)c2cc(Cl)cc3[nH]ncc23)CC1. The van der Waals surface area contributed by atoms with Gasteiger partial charge in [0.05, 0.1) is 17.8 Å². The van der Waals surface area contributed by atoms with Crippen LogP contribution in [0, 0.1) is 11.3 Å². The number of ether oxygens (including phenoxy) is 1. The van der Waals surface area contributed by atoms with Gasteiger partial charge in [0.1, 0.15) is 5.60 Å². The summed E-state index contributed by atoms with van der Waals surface area (Å²) in [7, 11) is 0. The number of aromatic nitrogens is 2. The molecule has 28 heavy (non-hydrogen) atoms. The van der Waals surface area contributed by atoms with Gasteiger partial charge in [0.2, 0.25) is 0 Å². The predicted octanol–water partition coefficient (Wildman–Crippen LogP) is 4.92. The molecule has 154 valence electrons. The molecule has 1 aliphatic heterocycles. The lowest BCUT2D eigenvalue weighted by atomic mass is 9.68. The highest BCUT2D eigenvalue weighted by atomic mass is 35.5. The number of benzene rings is 1. The van der Waals surface area contributed by atoms with Crippen molar-refractivity contribution in [1.82, 2.24) is 15.1 Å². The van der Waals surface area contributed by atoms with Crippen LogP contribution < -0.4 is 0 Å². The normalized spacial score (nSPS) is 17.8. The number of nitrogens with zero attached hydrogens (tertiary/aromatic N) is 2. The average Bonchev–Trinajstić information content (AvgIpc) is 3.07. The Labute approximate surface area is 171 Å². The molecule has 3 rings (SSSR count). The number of piperidine rings is 1. The molecule has 0 aliphatic carbocycles. The predicted molar refractivity (Wildman–Crippen MR) is 110 cm³/mol. The number of likely N-dealkylation sites (tertiary alicyclic amines) is 1. The molecule has 0 unspecified atom stereocenters. The molecule has 0 bridgehead atoms. The largest absolute Gasteiger partial charge is 0.444 e. The number of nitrogens with one attached hydrogen (secondary N) is 1. The van der Waals surface area contributed by atoms with Gasteiger partial charge in [-0.25, -0.2) is 4.79 Å². The molecule has 0 radical (unpaired) electrons. The van der Waals surface area contributed by atoms with Gasteiger partial charge >= 0.3 is 6.09 Å². The van der Waals surface area contributed by atoms with Crippen molar-refractivity contribution >= 4 is 28.6 Å². The first kappa shape index (κ1) is 20.9. The van der Waals surface area contributed by atoms with E-state index in [1.54, 1.807) is 11.1 Å². The molecule has 2 heterocycles. The van der Waals surface area contributed by atoms with Crippen LogP contribution in [0.5, 0.6) is 0 Å². The quantitative estimate of drug-likeness (QED) is 0.756. The topological polar surface area (TPSA) is 78.5 Å². The lowest BCUT2D eigenvalue weighted by Crippen LogP contribution is -2.45. The molecule has 2 N–H and O–H groups in total. The molecule has 0 saturated carbocycles. The molecule has 1 aliphatic rings. The highest BCUT2D eigenvalue weighted by Crippen LogP contribution is 2.46. The Morgan fingerprint density at radius 3 is 2.54 bits per heavy atom. The number of carbonyl (C=O) groups is 1. The van der Waals surface area contributed by atoms with E-state index >= 15 is 0 Å². The van der Waals surface area contributed by atoms with Crippen LogP contribution in [0.4, 0.5) is 4.79 Å². The summed E-state index contributed by atoms with van der Waals surface area (Å²) in [5.74, 6) is 0.266. The molecular formula is C21H30ClN3O3. The van der Waals surface area contributed by atoms with E-state index in [1.807, 2.05) is 32.9 Å². The van der Waals surface area contributed by atoms with Crippen LogP contribution >= 0.6 is 11.6 Å². The summed E-state index contributed by atoms with van der Waals surface area (Å²) in [4.78, 5) is 14.1. The number of halogens is 1. The first-order valence-corrected chi connectivity index (χ1v) is 10.2. The van der Waals surface area contributed by atoms with Gasteiger partial charge < -0.3 is 14.7 Å². The Kier molecular flexibility index (Phi) is 5.65. The van der Waals surface area contributed by atoms with Crippen molar-refractivity contribution in [3.63, 3.8) is 0 Å². The number of hydrogen-bond donors (Lipinski definition) is 2. The molecule has 1 fully saturated rings. The Hall–Kier alpha value is -1.79. The lowest BCUT2D eigenvalue weighted by molar-refractivity contribution is -0.0253. The Bertz CT molecular complexity index is 848. The maximum atomic E-state index is 12.3. The van der Waals surface area contributed by atoms with E-state index in [-0.39, 0.29) is 17.4 Å². The Balaban J connectivity index is 1.73. The van der Waals surface area contributed by atoms with E-state index in [0.29, 0.717) is 18.1 Å². The van der Waals surface area contributed by atoms with Crippen molar-refractivity contribution < 1.29 is 14.6 Å². The molecule has 7 heteroatoms. The van der Waals surface area contributed by atoms with E-state index in [0.717, 1.165) is 29.3 Å². The highest BCUT2D eigenvalue weighted by molar-refractivity contribution is 6.31. The van der Waals surface area contributed by atoms with E-state index in [1.165, 1.54) is 0 Å². The second kappa shape index (κ2) is 7.56. The average molecular weight is 408 g/mol. The Morgan fingerprint density at radius 1 is 1.29 bits per heavy atom. The van der Waals surface area contributed by atoms with Gasteiger partial charge in [0.25, 0.3) is 0 Å². The molecular weight excluding hydrogens is 378 g/mol. The first-order valence-electron chi connectivity index (χ1n) is 9.77. The molecule has 2 aromatic rings. The van der Waals surface area contributed by atoms with Crippen LogP contribution in [0.2, 0.25) is 5.02 Å². The number of aliphatic hydroxyl groups is 1. The zero-order valence-corrected chi connectivity index (χ0v) is 18.0. The number of rotatable bonds is 3. The van der Waals surface area contributed by atoms with Crippen molar-refractivity contribution in [2.75, 3.05) is 13.1 Å². The smallest absolute Gasteiger partial charge is 0.410 e. The minimum absolute atomic E-state index is 0.265. The molecule has 1 amide bonds. The molecule has 1 saturated heterocycles. The van der Waals surface area contributed by atoms with Crippen molar-refractivity contribution in [1.29, 1.82) is 0 Å². The standard InChI is InChI=1S/C21H30ClN3O3/c1-20(2,3)28-19(27)25-8-6-13(7-9-25)21(4,5)18(26)15-10-14(22)11-17-16(15)12-23-24-17/h10-13,18,26H,6-9H2,1-5H3,(H,23,24)/t18-/m1/s1. The van der Waals surface area contributed by atoms with E-state index in [2.05, 4.69) is 24.0 Å². The second-order valence-corrected chi connectivity index (χ2v) is 9.73. The van der Waals surface area contributed by atoms with Crippen LogP contribution in [-0.2, 0) is 4.74 Å². The number of fused-ring (bicyclic) bond motifs is 1. The number of carbonyl (C=O) groups excluding carboxylic acids is 1. The van der Waals surface area contributed by atoms with E-state index < -0.39 is 11.7 Å². The summed E-state index contributed by atoms with van der Waals surface area (Å²) >= 11 is 6.25. The summed E-state index contributed by atoms with van der Waals surface area (Å²) in [6.45, 7) is 11.0. The van der Waals surface area contributed by atoms with Gasteiger partial charge in [0.15, 0.2) is 0 Å². The van der Waals surface area contributed by atoms with Crippen molar-refractivity contribution in [3.05, 3.63) is 28.9 Å². The van der Waals surface area contributed by atoms with Gasteiger partial charge in [-0.3, -0.25) is 5.10 Å². The number of H-pyrrole nitrogens is 1. The number of hydrogen-bond acceptors (Lipinski definition) is 4. The molecule has 0 spiro atoms. The van der Waals surface area contributed by atoms with Crippen LogP contribution in [0.1, 0.15) is 59.1 Å². The zero-order chi connectivity index (χ0) is 20.7. The van der Waals surface area contributed by atoms with Crippen LogP contribution in [0.3, 0.4) is 0 Å². The van der Waals surface area contributed by atoms with Crippen molar-refractivity contribution in [2.24, 2.45) is 11.3 Å². The molecule has 1 aromatic carbocycles. The molecule has 1 atom stereocenters. The zero-order valence-electron chi connectivity index (χ0n) is 17.3. The van der Waals surface area contributed by atoms with Crippen molar-refractivity contribution in [2.45, 2.75) is 59.2 Å². The molecule has 1 aromatic heterocycles. The van der Waals surface area contributed by atoms with Gasteiger partial charge in [-0.1, -0.05) is 25.4 Å². The fourth-order valence-corrected chi connectivity index (χ4v) is 4.25.